The second-order valence-corrected chi connectivity index (χ2v) is 5.77. The molecule has 104 valence electrons. The number of amidine groups is 1. The van der Waals surface area contributed by atoms with Gasteiger partial charge in [-0.15, -0.1) is 0 Å². The minimum absolute atomic E-state index is 0.0872. The number of nitrogens with two attached hydrogens (primary N) is 1. The van der Waals surface area contributed by atoms with Gasteiger partial charge in [0.2, 0.25) is 0 Å². The van der Waals surface area contributed by atoms with Crippen molar-refractivity contribution in [3.8, 4) is 0 Å². The Morgan fingerprint density at radius 2 is 1.95 bits per heavy atom. The fourth-order valence-electron chi connectivity index (χ4n) is 2.18. The average molecular weight is 332 g/mol. The van der Waals surface area contributed by atoms with Gasteiger partial charge in [-0.2, -0.15) is 0 Å². The molecule has 0 radical (unpaired) electrons. The Kier molecular flexibility index (Phi) is 4.45. The highest BCUT2D eigenvalue weighted by molar-refractivity contribution is 9.10. The molecule has 0 atom stereocenters. The lowest BCUT2D eigenvalue weighted by molar-refractivity contribution is 0.912. The highest BCUT2D eigenvalue weighted by Gasteiger charge is 2.11. The van der Waals surface area contributed by atoms with Crippen LogP contribution in [0, 0.1) is 12.3 Å². The van der Waals surface area contributed by atoms with E-state index in [1.807, 2.05) is 37.4 Å². The van der Waals surface area contributed by atoms with Gasteiger partial charge in [0.1, 0.15) is 5.84 Å². The first-order valence-corrected chi connectivity index (χ1v) is 7.18. The van der Waals surface area contributed by atoms with Crippen LogP contribution >= 0.6 is 15.9 Å². The molecule has 2 aromatic carbocycles. The fraction of sp³-hybridized carbons (Fsp3) is 0.188. The van der Waals surface area contributed by atoms with E-state index in [1.54, 1.807) is 0 Å². The first-order valence-electron chi connectivity index (χ1n) is 6.38. The van der Waals surface area contributed by atoms with Crippen LogP contribution in [-0.4, -0.2) is 12.9 Å². The van der Waals surface area contributed by atoms with Crippen LogP contribution in [0.1, 0.15) is 16.7 Å². The van der Waals surface area contributed by atoms with Gasteiger partial charge in [0, 0.05) is 29.3 Å². The van der Waals surface area contributed by atoms with Gasteiger partial charge in [0.15, 0.2) is 0 Å². The minimum Gasteiger partial charge on any atom is -0.384 e. The van der Waals surface area contributed by atoms with Crippen molar-refractivity contribution < 1.29 is 0 Å². The molecule has 0 saturated carbocycles. The lowest BCUT2D eigenvalue weighted by Gasteiger charge is -2.23. The molecule has 0 amide bonds. The van der Waals surface area contributed by atoms with Crippen molar-refractivity contribution in [1.29, 1.82) is 5.41 Å². The van der Waals surface area contributed by atoms with E-state index in [9.17, 15) is 0 Å². The third kappa shape index (κ3) is 3.20. The van der Waals surface area contributed by atoms with Crippen LogP contribution in [0.5, 0.6) is 0 Å². The molecule has 3 N–H and O–H groups in total. The minimum atomic E-state index is 0.0872. The van der Waals surface area contributed by atoms with E-state index < -0.39 is 0 Å². The zero-order valence-corrected chi connectivity index (χ0v) is 13.2. The van der Waals surface area contributed by atoms with Crippen LogP contribution in [-0.2, 0) is 6.54 Å². The number of nitrogen functional groups attached to an aromatic ring is 1. The topological polar surface area (TPSA) is 53.1 Å². The maximum Gasteiger partial charge on any atom is 0.124 e. The fourth-order valence-corrected chi connectivity index (χ4v) is 2.53. The molecule has 0 heterocycles. The number of rotatable bonds is 4. The van der Waals surface area contributed by atoms with Crippen LogP contribution in [0.15, 0.2) is 46.9 Å². The van der Waals surface area contributed by atoms with Crippen LogP contribution < -0.4 is 10.6 Å². The molecule has 0 fully saturated rings. The number of nitrogens with zero attached hydrogens (tertiary/aromatic N) is 1. The highest BCUT2D eigenvalue weighted by Crippen LogP contribution is 2.25. The number of anilines is 1. The van der Waals surface area contributed by atoms with Gasteiger partial charge in [-0.25, -0.2) is 0 Å². The number of aryl methyl sites for hydroxylation is 1. The van der Waals surface area contributed by atoms with Gasteiger partial charge in [-0.1, -0.05) is 40.2 Å². The molecule has 0 aliphatic rings. The molecular formula is C16H18BrN3. The molecule has 0 aromatic heterocycles. The summed E-state index contributed by atoms with van der Waals surface area (Å²) in [5.74, 6) is 0.0872. The van der Waals surface area contributed by atoms with Gasteiger partial charge in [-0.3, -0.25) is 5.41 Å². The predicted octanol–water partition coefficient (Wildman–Crippen LogP) is 3.68. The standard InChI is InChI=1S/C16H18BrN3/c1-11-5-3-4-6-12(11)10-20(2)15-9-13(17)7-8-14(15)16(18)19/h3-9H,10H2,1-2H3,(H3,18,19). The molecule has 0 saturated heterocycles. The molecule has 2 rings (SSSR count). The second kappa shape index (κ2) is 6.09. The van der Waals surface area contributed by atoms with Crippen molar-refractivity contribution in [3.63, 3.8) is 0 Å². The molecule has 0 aliphatic heterocycles. The summed E-state index contributed by atoms with van der Waals surface area (Å²) in [5.41, 5.74) is 9.91. The van der Waals surface area contributed by atoms with E-state index in [-0.39, 0.29) is 5.84 Å². The van der Waals surface area contributed by atoms with Crippen molar-refractivity contribution in [3.05, 3.63) is 63.6 Å². The van der Waals surface area contributed by atoms with E-state index in [1.165, 1.54) is 11.1 Å². The average Bonchev–Trinajstić information content (AvgIpc) is 2.40. The Morgan fingerprint density at radius 3 is 2.60 bits per heavy atom. The van der Waals surface area contributed by atoms with Crippen molar-refractivity contribution in [2.75, 3.05) is 11.9 Å². The third-order valence-corrected chi connectivity index (χ3v) is 3.82. The number of hydrogen-bond donors (Lipinski definition) is 2. The lowest BCUT2D eigenvalue weighted by atomic mass is 10.1. The summed E-state index contributed by atoms with van der Waals surface area (Å²) in [6.45, 7) is 2.89. The van der Waals surface area contributed by atoms with Gasteiger partial charge < -0.3 is 10.6 Å². The molecule has 2 aromatic rings. The number of halogens is 1. The van der Waals surface area contributed by atoms with Crippen LogP contribution in [0.3, 0.4) is 0 Å². The Bertz CT molecular complexity index is 637. The molecule has 0 spiro atoms. The van der Waals surface area contributed by atoms with Gasteiger partial charge in [-0.05, 0) is 36.2 Å². The summed E-state index contributed by atoms with van der Waals surface area (Å²) in [6, 6.07) is 14.1. The summed E-state index contributed by atoms with van der Waals surface area (Å²) in [4.78, 5) is 2.11. The number of benzene rings is 2. The Hall–Kier alpha value is -1.81. The van der Waals surface area contributed by atoms with E-state index in [2.05, 4.69) is 39.9 Å². The van der Waals surface area contributed by atoms with E-state index in [0.29, 0.717) is 0 Å². The summed E-state index contributed by atoms with van der Waals surface area (Å²) in [5, 5.41) is 7.70. The Labute approximate surface area is 128 Å². The smallest absolute Gasteiger partial charge is 0.124 e. The monoisotopic (exact) mass is 331 g/mol. The Balaban J connectivity index is 2.34. The van der Waals surface area contributed by atoms with Crippen molar-refractivity contribution in [2.24, 2.45) is 5.73 Å². The maximum absolute atomic E-state index is 7.70. The van der Waals surface area contributed by atoms with E-state index in [0.717, 1.165) is 22.3 Å². The summed E-state index contributed by atoms with van der Waals surface area (Å²) in [6.07, 6.45) is 0. The zero-order valence-electron chi connectivity index (χ0n) is 11.7. The predicted molar refractivity (Wildman–Crippen MR) is 88.4 cm³/mol. The largest absolute Gasteiger partial charge is 0.384 e. The number of hydrogen-bond acceptors (Lipinski definition) is 2. The number of nitrogens with one attached hydrogen (secondary N) is 1. The summed E-state index contributed by atoms with van der Waals surface area (Å²) in [7, 11) is 2.01. The quantitative estimate of drug-likeness (QED) is 0.663. The lowest BCUT2D eigenvalue weighted by Crippen LogP contribution is -2.22. The third-order valence-electron chi connectivity index (χ3n) is 3.33. The van der Waals surface area contributed by atoms with Crippen molar-refractivity contribution in [1.82, 2.24) is 0 Å². The maximum atomic E-state index is 7.70. The molecule has 0 bridgehead atoms. The van der Waals surface area contributed by atoms with Gasteiger partial charge in [0.25, 0.3) is 0 Å². The van der Waals surface area contributed by atoms with Gasteiger partial charge in [0.05, 0.1) is 0 Å². The zero-order chi connectivity index (χ0) is 14.7. The molecule has 0 aliphatic carbocycles. The first kappa shape index (κ1) is 14.6. The van der Waals surface area contributed by atoms with Crippen LogP contribution in [0.4, 0.5) is 5.69 Å². The normalized spacial score (nSPS) is 10.3. The highest BCUT2D eigenvalue weighted by atomic mass is 79.9. The van der Waals surface area contributed by atoms with E-state index >= 15 is 0 Å². The second-order valence-electron chi connectivity index (χ2n) is 4.86. The molecule has 3 nitrogen and oxygen atoms in total. The summed E-state index contributed by atoms with van der Waals surface area (Å²) < 4.78 is 0.981. The van der Waals surface area contributed by atoms with Crippen molar-refractivity contribution >= 4 is 27.5 Å². The molecule has 4 heteroatoms. The molecular weight excluding hydrogens is 314 g/mol. The SMILES string of the molecule is Cc1ccccc1CN(C)c1cc(Br)ccc1C(=N)N. The van der Waals surface area contributed by atoms with Crippen molar-refractivity contribution in [2.45, 2.75) is 13.5 Å². The first-order chi connectivity index (χ1) is 9.49. The van der Waals surface area contributed by atoms with E-state index in [4.69, 9.17) is 11.1 Å². The van der Waals surface area contributed by atoms with Gasteiger partial charge >= 0.3 is 0 Å². The van der Waals surface area contributed by atoms with Crippen LogP contribution in [0.2, 0.25) is 0 Å². The summed E-state index contributed by atoms with van der Waals surface area (Å²) >= 11 is 3.48. The molecule has 0 unspecified atom stereocenters. The Morgan fingerprint density at radius 1 is 1.25 bits per heavy atom. The van der Waals surface area contributed by atoms with Crippen LogP contribution in [0.25, 0.3) is 0 Å². The molecule has 20 heavy (non-hydrogen) atoms.